The topological polar surface area (TPSA) is 35.5 Å². The number of ether oxygens (including phenoxy) is 2. The summed E-state index contributed by atoms with van der Waals surface area (Å²) in [5.74, 6) is 0.368. The lowest BCUT2D eigenvalue weighted by molar-refractivity contribution is -0.142. The van der Waals surface area contributed by atoms with Crippen LogP contribution in [0.2, 0.25) is 10.0 Å². The summed E-state index contributed by atoms with van der Waals surface area (Å²) < 4.78 is 10.6. The molecule has 22 heavy (non-hydrogen) atoms. The van der Waals surface area contributed by atoms with Crippen molar-refractivity contribution in [3.8, 4) is 5.75 Å². The smallest absolute Gasteiger partial charge is 0.309 e. The van der Waals surface area contributed by atoms with E-state index in [0.29, 0.717) is 22.2 Å². The Labute approximate surface area is 139 Å². The molecular weight excluding hydrogens is 323 g/mol. The van der Waals surface area contributed by atoms with E-state index in [2.05, 4.69) is 0 Å². The van der Waals surface area contributed by atoms with Crippen LogP contribution in [0.4, 0.5) is 0 Å². The Hall–Kier alpha value is -1.71. The Morgan fingerprint density at radius 2 is 1.86 bits per heavy atom. The molecule has 0 bridgehead atoms. The van der Waals surface area contributed by atoms with Crippen molar-refractivity contribution in [2.75, 3.05) is 7.11 Å². The fraction of sp³-hybridized carbons (Fsp3) is 0.235. The van der Waals surface area contributed by atoms with Gasteiger partial charge in [-0.25, -0.2) is 0 Å². The lowest BCUT2D eigenvalue weighted by atomic mass is 10.1. The molecule has 3 nitrogen and oxygen atoms in total. The lowest BCUT2D eigenvalue weighted by Gasteiger charge is -2.19. The third kappa shape index (κ3) is 4.93. The van der Waals surface area contributed by atoms with E-state index in [1.165, 1.54) is 7.11 Å². The van der Waals surface area contributed by atoms with Gasteiger partial charge in [0, 0.05) is 16.5 Å². The zero-order valence-corrected chi connectivity index (χ0v) is 13.6. The third-order valence-corrected chi connectivity index (χ3v) is 3.72. The van der Waals surface area contributed by atoms with E-state index >= 15 is 0 Å². The van der Waals surface area contributed by atoms with E-state index in [1.807, 2.05) is 36.4 Å². The normalized spacial score (nSPS) is 11.8. The summed E-state index contributed by atoms with van der Waals surface area (Å²) in [5.41, 5.74) is 0.871. The van der Waals surface area contributed by atoms with Gasteiger partial charge in [0.25, 0.3) is 0 Å². The molecule has 0 saturated heterocycles. The number of esters is 1. The van der Waals surface area contributed by atoms with E-state index in [9.17, 15) is 4.79 Å². The van der Waals surface area contributed by atoms with Gasteiger partial charge in [-0.3, -0.25) is 4.79 Å². The third-order valence-electron chi connectivity index (χ3n) is 3.13. The molecule has 2 aromatic carbocycles. The van der Waals surface area contributed by atoms with E-state index < -0.39 is 0 Å². The number of rotatable bonds is 6. The van der Waals surface area contributed by atoms with Crippen LogP contribution in [0.25, 0.3) is 0 Å². The van der Waals surface area contributed by atoms with Gasteiger partial charge < -0.3 is 9.47 Å². The van der Waals surface area contributed by atoms with Gasteiger partial charge in [-0.15, -0.1) is 0 Å². The predicted molar refractivity (Wildman–Crippen MR) is 87.7 cm³/mol. The summed E-state index contributed by atoms with van der Waals surface area (Å²) in [6.07, 6.45) is 0.262. The molecule has 2 aromatic rings. The molecule has 1 unspecified atom stereocenters. The second kappa shape index (κ2) is 8.06. The van der Waals surface area contributed by atoms with Crippen molar-refractivity contribution in [1.82, 2.24) is 0 Å². The van der Waals surface area contributed by atoms with Crippen LogP contribution in [0.1, 0.15) is 12.0 Å². The largest absolute Gasteiger partial charge is 0.489 e. The molecule has 116 valence electrons. The maximum absolute atomic E-state index is 11.6. The molecule has 0 fully saturated rings. The highest BCUT2D eigenvalue weighted by Crippen LogP contribution is 2.24. The van der Waals surface area contributed by atoms with Crippen LogP contribution in [-0.4, -0.2) is 19.2 Å². The van der Waals surface area contributed by atoms with Gasteiger partial charge in [-0.05, 0) is 29.8 Å². The molecule has 0 radical (unpaired) electrons. The van der Waals surface area contributed by atoms with Gasteiger partial charge in [0.1, 0.15) is 11.9 Å². The zero-order chi connectivity index (χ0) is 15.9. The Balaban J connectivity index is 2.14. The quantitative estimate of drug-likeness (QED) is 0.725. The van der Waals surface area contributed by atoms with E-state index in [-0.39, 0.29) is 18.5 Å². The number of carbonyl (C=O) groups excluding carboxylic acids is 1. The number of halogens is 2. The Morgan fingerprint density at radius 3 is 2.50 bits per heavy atom. The van der Waals surface area contributed by atoms with Crippen molar-refractivity contribution < 1.29 is 14.3 Å². The minimum Gasteiger partial charge on any atom is -0.489 e. The van der Waals surface area contributed by atoms with Crippen LogP contribution in [-0.2, 0) is 16.0 Å². The first kappa shape index (κ1) is 16.7. The maximum atomic E-state index is 11.6. The molecule has 0 amide bonds. The first-order chi connectivity index (χ1) is 10.6. The van der Waals surface area contributed by atoms with Crippen LogP contribution in [0.3, 0.4) is 0 Å². The molecule has 5 heteroatoms. The van der Waals surface area contributed by atoms with Crippen molar-refractivity contribution >= 4 is 29.2 Å². The molecule has 2 rings (SSSR count). The van der Waals surface area contributed by atoms with E-state index in [0.717, 1.165) is 5.56 Å². The monoisotopic (exact) mass is 338 g/mol. The molecule has 1 atom stereocenters. The number of hydrogen-bond acceptors (Lipinski definition) is 3. The number of hydrogen-bond donors (Lipinski definition) is 0. The van der Waals surface area contributed by atoms with Crippen LogP contribution < -0.4 is 4.74 Å². The molecule has 0 aliphatic rings. The minimum absolute atomic E-state index is 0.143. The van der Waals surface area contributed by atoms with Gasteiger partial charge in [0.05, 0.1) is 13.5 Å². The molecule has 0 aliphatic heterocycles. The van der Waals surface area contributed by atoms with Crippen LogP contribution in [0.5, 0.6) is 5.75 Å². The molecule has 0 aliphatic carbocycles. The second-order valence-electron chi connectivity index (χ2n) is 4.77. The van der Waals surface area contributed by atoms with Crippen LogP contribution in [0.15, 0.2) is 48.5 Å². The number of benzene rings is 2. The first-order valence-corrected chi connectivity index (χ1v) is 7.56. The van der Waals surface area contributed by atoms with Gasteiger partial charge in [-0.1, -0.05) is 47.5 Å². The Kier molecular flexibility index (Phi) is 6.10. The molecule has 0 aromatic heterocycles. The first-order valence-electron chi connectivity index (χ1n) is 6.81. The molecular formula is C17H16Cl2O3. The number of carbonyl (C=O) groups is 1. The molecule has 0 N–H and O–H groups in total. The Morgan fingerprint density at radius 1 is 1.14 bits per heavy atom. The van der Waals surface area contributed by atoms with Crippen molar-refractivity contribution in [2.24, 2.45) is 0 Å². The maximum Gasteiger partial charge on any atom is 0.309 e. The van der Waals surface area contributed by atoms with Crippen molar-refractivity contribution in [3.05, 3.63) is 64.1 Å². The summed E-state index contributed by atoms with van der Waals surface area (Å²) in [5, 5.41) is 1.13. The lowest BCUT2D eigenvalue weighted by Crippen LogP contribution is -2.24. The highest BCUT2D eigenvalue weighted by molar-refractivity contribution is 6.35. The molecule has 0 saturated carbocycles. The number of methoxy groups -OCH3 is 1. The zero-order valence-electron chi connectivity index (χ0n) is 12.1. The van der Waals surface area contributed by atoms with Gasteiger partial charge in [-0.2, -0.15) is 0 Å². The summed E-state index contributed by atoms with van der Waals surface area (Å²) in [6, 6.07) is 14.6. The SMILES string of the molecule is COC(=O)CC(Cc1ccc(Cl)cc1Cl)Oc1ccccc1. The van der Waals surface area contributed by atoms with Gasteiger partial charge in [0.15, 0.2) is 0 Å². The number of para-hydroxylation sites is 1. The molecule has 0 heterocycles. The van der Waals surface area contributed by atoms with Crippen LogP contribution >= 0.6 is 23.2 Å². The van der Waals surface area contributed by atoms with Gasteiger partial charge >= 0.3 is 5.97 Å². The second-order valence-corrected chi connectivity index (χ2v) is 5.62. The Bertz CT molecular complexity index is 629. The van der Waals surface area contributed by atoms with Crippen LogP contribution in [0, 0.1) is 0 Å². The standard InChI is InChI=1S/C17H16Cl2O3/c1-21-17(20)11-15(22-14-5-3-2-4-6-14)9-12-7-8-13(18)10-16(12)19/h2-8,10,15H,9,11H2,1H3. The fourth-order valence-corrected chi connectivity index (χ4v) is 2.53. The highest BCUT2D eigenvalue weighted by atomic mass is 35.5. The summed E-state index contributed by atoms with van der Waals surface area (Å²) >= 11 is 12.1. The highest BCUT2D eigenvalue weighted by Gasteiger charge is 2.18. The van der Waals surface area contributed by atoms with Crippen molar-refractivity contribution in [3.63, 3.8) is 0 Å². The van der Waals surface area contributed by atoms with Crippen molar-refractivity contribution in [1.29, 1.82) is 0 Å². The summed E-state index contributed by atoms with van der Waals surface area (Å²) in [7, 11) is 1.36. The minimum atomic E-state index is -0.367. The van der Waals surface area contributed by atoms with Gasteiger partial charge in [0.2, 0.25) is 0 Å². The predicted octanol–water partition coefficient (Wildman–Crippen LogP) is 4.55. The fourth-order valence-electron chi connectivity index (χ4n) is 2.05. The average molecular weight is 339 g/mol. The average Bonchev–Trinajstić information content (AvgIpc) is 2.51. The van der Waals surface area contributed by atoms with E-state index in [4.69, 9.17) is 32.7 Å². The summed E-state index contributed by atoms with van der Waals surface area (Å²) in [6.45, 7) is 0. The van der Waals surface area contributed by atoms with Crippen molar-refractivity contribution in [2.45, 2.75) is 18.9 Å². The summed E-state index contributed by atoms with van der Waals surface area (Å²) in [4.78, 5) is 11.6. The molecule has 0 spiro atoms. The van der Waals surface area contributed by atoms with E-state index in [1.54, 1.807) is 12.1 Å².